The largest absolute Gasteiger partial charge is 0.444 e. The highest BCUT2D eigenvalue weighted by atomic mass is 16.7. The molecule has 0 radical (unpaired) electrons. The van der Waals surface area contributed by atoms with Crippen molar-refractivity contribution in [2.75, 3.05) is 0 Å². The minimum Gasteiger partial charge on any atom is -0.444 e. The van der Waals surface area contributed by atoms with Gasteiger partial charge in [-0.1, -0.05) is 36.4 Å². The van der Waals surface area contributed by atoms with Gasteiger partial charge in [0.1, 0.15) is 0 Å². The maximum Gasteiger partial charge on any atom is 0.336 e. The normalized spacial score (nSPS) is 16.7. The predicted octanol–water partition coefficient (Wildman–Crippen LogP) is 3.47. The molecule has 0 bridgehead atoms. The lowest BCUT2D eigenvalue weighted by atomic mass is 10.0. The number of nitro benzene ring substituents is 1. The van der Waals surface area contributed by atoms with Crippen LogP contribution in [0.25, 0.3) is 11.1 Å². The SMILES string of the molecule is CC1=CC(Oc2ccc(-c3ccccc3)cc2[N+](=O)[O-])OC1=O. The Morgan fingerprint density at radius 3 is 2.48 bits per heavy atom. The third kappa shape index (κ3) is 3.06. The second-order valence-corrected chi connectivity index (χ2v) is 5.05. The summed E-state index contributed by atoms with van der Waals surface area (Å²) < 4.78 is 10.4. The number of nitrogens with zero attached hydrogens (tertiary/aromatic N) is 1. The summed E-state index contributed by atoms with van der Waals surface area (Å²) in [6.45, 7) is 1.60. The summed E-state index contributed by atoms with van der Waals surface area (Å²) in [4.78, 5) is 22.1. The predicted molar refractivity (Wildman–Crippen MR) is 82.8 cm³/mol. The van der Waals surface area contributed by atoms with Crippen LogP contribution in [-0.4, -0.2) is 17.2 Å². The summed E-state index contributed by atoms with van der Waals surface area (Å²) in [6.07, 6.45) is 0.542. The lowest BCUT2D eigenvalue weighted by Gasteiger charge is -2.12. The molecule has 0 amide bonds. The quantitative estimate of drug-likeness (QED) is 0.491. The van der Waals surface area contributed by atoms with E-state index in [0.717, 1.165) is 5.56 Å². The Morgan fingerprint density at radius 1 is 1.13 bits per heavy atom. The first-order chi connectivity index (χ1) is 11.0. The molecule has 0 fully saturated rings. The van der Waals surface area contributed by atoms with Crippen molar-refractivity contribution < 1.29 is 19.2 Å². The van der Waals surface area contributed by atoms with Crippen molar-refractivity contribution in [3.05, 3.63) is 70.3 Å². The van der Waals surface area contributed by atoms with Crippen LogP contribution in [0.2, 0.25) is 0 Å². The van der Waals surface area contributed by atoms with Gasteiger partial charge in [-0.3, -0.25) is 10.1 Å². The molecule has 1 aliphatic heterocycles. The minimum atomic E-state index is -0.941. The summed E-state index contributed by atoms with van der Waals surface area (Å²) in [5.41, 5.74) is 1.81. The lowest BCUT2D eigenvalue weighted by molar-refractivity contribution is -0.386. The Morgan fingerprint density at radius 2 is 1.87 bits per heavy atom. The molecule has 3 rings (SSSR count). The Bertz CT molecular complexity index is 798. The summed E-state index contributed by atoms with van der Waals surface area (Å²) in [6, 6.07) is 14.0. The number of esters is 1. The van der Waals surface area contributed by atoms with Crippen molar-refractivity contribution in [1.29, 1.82) is 0 Å². The zero-order chi connectivity index (χ0) is 16.4. The van der Waals surface area contributed by atoms with E-state index < -0.39 is 17.2 Å². The molecule has 1 atom stereocenters. The van der Waals surface area contributed by atoms with E-state index in [1.807, 2.05) is 30.3 Å². The molecule has 116 valence electrons. The van der Waals surface area contributed by atoms with Gasteiger partial charge >= 0.3 is 11.7 Å². The minimum absolute atomic E-state index is 0.0541. The average Bonchev–Trinajstić information content (AvgIpc) is 2.86. The molecule has 6 heteroatoms. The van der Waals surface area contributed by atoms with Crippen LogP contribution in [0.15, 0.2) is 60.2 Å². The van der Waals surface area contributed by atoms with Crippen LogP contribution in [-0.2, 0) is 9.53 Å². The van der Waals surface area contributed by atoms with E-state index in [9.17, 15) is 14.9 Å². The molecule has 6 nitrogen and oxygen atoms in total. The van der Waals surface area contributed by atoms with Gasteiger partial charge in [-0.25, -0.2) is 4.79 Å². The van der Waals surface area contributed by atoms with E-state index in [1.54, 1.807) is 13.0 Å². The van der Waals surface area contributed by atoms with Gasteiger partial charge in [0.25, 0.3) is 6.29 Å². The van der Waals surface area contributed by atoms with Crippen LogP contribution in [0.1, 0.15) is 6.92 Å². The first-order valence-electron chi connectivity index (χ1n) is 6.94. The zero-order valence-electron chi connectivity index (χ0n) is 12.3. The number of carbonyl (C=O) groups excluding carboxylic acids is 1. The van der Waals surface area contributed by atoms with Gasteiger partial charge in [-0.15, -0.1) is 0 Å². The Balaban J connectivity index is 1.92. The van der Waals surface area contributed by atoms with Crippen LogP contribution < -0.4 is 4.74 Å². The summed E-state index contributed by atoms with van der Waals surface area (Å²) in [7, 11) is 0. The molecule has 0 spiro atoms. The van der Waals surface area contributed by atoms with Crippen molar-refractivity contribution in [3.63, 3.8) is 0 Å². The van der Waals surface area contributed by atoms with Crippen LogP contribution in [0.3, 0.4) is 0 Å². The summed E-state index contributed by atoms with van der Waals surface area (Å²) in [5.74, 6) is -0.433. The standard InChI is InChI=1S/C17H13NO5/c1-11-9-16(23-17(11)19)22-15-8-7-13(10-14(15)18(20)21)12-5-3-2-4-6-12/h2-10,16H,1H3. The number of benzene rings is 2. The second-order valence-electron chi connectivity index (χ2n) is 5.05. The molecule has 0 saturated heterocycles. The molecule has 2 aromatic rings. The lowest BCUT2D eigenvalue weighted by Crippen LogP contribution is -2.16. The fraction of sp³-hybridized carbons (Fsp3) is 0.118. The molecule has 0 saturated carbocycles. The molecule has 1 heterocycles. The molecule has 23 heavy (non-hydrogen) atoms. The van der Waals surface area contributed by atoms with Gasteiger partial charge in [-0.05, 0) is 24.1 Å². The van der Waals surface area contributed by atoms with Crippen LogP contribution in [0, 0.1) is 10.1 Å². The molecule has 1 aliphatic rings. The fourth-order valence-corrected chi connectivity index (χ4v) is 2.26. The smallest absolute Gasteiger partial charge is 0.336 e. The summed E-state index contributed by atoms with van der Waals surface area (Å²) >= 11 is 0. The average molecular weight is 311 g/mol. The van der Waals surface area contributed by atoms with E-state index in [2.05, 4.69) is 0 Å². The van der Waals surface area contributed by atoms with E-state index >= 15 is 0 Å². The van der Waals surface area contributed by atoms with E-state index in [-0.39, 0.29) is 11.4 Å². The van der Waals surface area contributed by atoms with Crippen molar-refractivity contribution >= 4 is 11.7 Å². The van der Waals surface area contributed by atoms with Gasteiger partial charge in [0.05, 0.1) is 4.92 Å². The number of hydrogen-bond donors (Lipinski definition) is 0. The Labute approximate surface area is 132 Å². The monoisotopic (exact) mass is 311 g/mol. The fourth-order valence-electron chi connectivity index (χ4n) is 2.26. The molecule has 1 unspecified atom stereocenters. The van der Waals surface area contributed by atoms with Crippen molar-refractivity contribution in [2.24, 2.45) is 0 Å². The van der Waals surface area contributed by atoms with E-state index in [1.165, 1.54) is 18.2 Å². The van der Waals surface area contributed by atoms with Crippen molar-refractivity contribution in [1.82, 2.24) is 0 Å². The van der Waals surface area contributed by atoms with Gasteiger partial charge in [0, 0.05) is 17.7 Å². The number of nitro groups is 1. The molecule has 0 aromatic heterocycles. The maximum atomic E-state index is 11.3. The van der Waals surface area contributed by atoms with Crippen LogP contribution >= 0.6 is 0 Å². The number of rotatable bonds is 4. The highest BCUT2D eigenvalue weighted by Gasteiger charge is 2.26. The zero-order valence-corrected chi connectivity index (χ0v) is 12.3. The van der Waals surface area contributed by atoms with Crippen molar-refractivity contribution in [3.8, 4) is 16.9 Å². The molecular formula is C17H13NO5. The molecule has 2 aromatic carbocycles. The summed E-state index contributed by atoms with van der Waals surface area (Å²) in [5, 5.41) is 11.3. The van der Waals surface area contributed by atoms with Gasteiger partial charge in [0.15, 0.2) is 0 Å². The highest BCUT2D eigenvalue weighted by molar-refractivity contribution is 5.90. The van der Waals surface area contributed by atoms with Crippen LogP contribution in [0.5, 0.6) is 5.75 Å². The highest BCUT2D eigenvalue weighted by Crippen LogP contribution is 2.33. The second kappa shape index (κ2) is 5.92. The number of hydrogen-bond acceptors (Lipinski definition) is 5. The van der Waals surface area contributed by atoms with Crippen molar-refractivity contribution in [2.45, 2.75) is 13.2 Å². The molecule has 0 N–H and O–H groups in total. The maximum absolute atomic E-state index is 11.3. The molecule has 0 aliphatic carbocycles. The number of ether oxygens (including phenoxy) is 2. The third-order valence-corrected chi connectivity index (χ3v) is 3.44. The van der Waals surface area contributed by atoms with Gasteiger partial charge in [-0.2, -0.15) is 0 Å². The van der Waals surface area contributed by atoms with E-state index in [0.29, 0.717) is 11.1 Å². The van der Waals surface area contributed by atoms with E-state index in [4.69, 9.17) is 9.47 Å². The number of carbonyl (C=O) groups is 1. The third-order valence-electron chi connectivity index (χ3n) is 3.44. The Hall–Kier alpha value is -3.15. The van der Waals surface area contributed by atoms with Gasteiger partial charge < -0.3 is 9.47 Å². The molecular weight excluding hydrogens is 298 g/mol. The van der Waals surface area contributed by atoms with Crippen LogP contribution in [0.4, 0.5) is 5.69 Å². The Kier molecular flexibility index (Phi) is 3.80. The first-order valence-corrected chi connectivity index (χ1v) is 6.94. The topological polar surface area (TPSA) is 78.7 Å². The van der Waals surface area contributed by atoms with Gasteiger partial charge in [0.2, 0.25) is 5.75 Å². The first kappa shape index (κ1) is 14.8. The number of cyclic esters (lactones) is 1.